The van der Waals surface area contributed by atoms with Crippen molar-refractivity contribution in [1.82, 2.24) is 0 Å². The number of hydrogen-bond donors (Lipinski definition) is 0. The minimum absolute atomic E-state index is 1.18. The van der Waals surface area contributed by atoms with Crippen molar-refractivity contribution in [1.29, 1.82) is 5.26 Å². The molecule has 1 nitrogen and oxygen atoms in total. The summed E-state index contributed by atoms with van der Waals surface area (Å²) < 4.78 is 0. The smallest absolute Gasteiger partial charge is 0.0905 e. The Hall–Kier alpha value is -0.190. The van der Waals surface area contributed by atoms with Gasteiger partial charge in [0.1, 0.15) is 0 Å². The summed E-state index contributed by atoms with van der Waals surface area (Å²) in [6.07, 6.45) is 1.18. The lowest BCUT2D eigenvalue weighted by Crippen LogP contribution is -1.23. The quantitative estimate of drug-likeness (QED) is 0.453. The Bertz CT molecular complexity index is 54.3. The van der Waals surface area contributed by atoms with Crippen LogP contribution in [0.5, 0.6) is 0 Å². The van der Waals surface area contributed by atoms with Gasteiger partial charge in [-0.15, -0.1) is 0 Å². The van der Waals surface area contributed by atoms with Gasteiger partial charge in [0.25, 0.3) is 0 Å². The van der Waals surface area contributed by atoms with Gasteiger partial charge < -0.3 is 0 Å². The molecule has 0 amide bonds. The van der Waals surface area contributed by atoms with Crippen LogP contribution in [0.2, 0.25) is 0 Å². The Kier molecular flexibility index (Phi) is 32.9. The molecule has 0 bridgehead atoms. The molecule has 0 aliphatic carbocycles. The molecule has 0 saturated carbocycles. The van der Waals surface area contributed by atoms with Crippen molar-refractivity contribution in [2.24, 2.45) is 0 Å². The molecular weight excluding hydrogens is 121 g/mol. The molecule has 34 valence electrons. The lowest BCUT2D eigenvalue weighted by molar-refractivity contribution is 1.54. The van der Waals surface area contributed by atoms with Gasteiger partial charge in [-0.3, -0.25) is 0 Å². The summed E-state index contributed by atoms with van der Waals surface area (Å²) in [7, 11) is 8.22. The Labute approximate surface area is 46.4 Å². The van der Waals surface area contributed by atoms with Crippen LogP contribution < -0.4 is 0 Å². The number of hydrogen-bond acceptors (Lipinski definition) is 1. The van der Waals surface area contributed by atoms with Gasteiger partial charge in [0.15, 0.2) is 0 Å². The van der Waals surface area contributed by atoms with Gasteiger partial charge >= 0.3 is 0 Å². The molecule has 0 aromatic rings. The van der Waals surface area contributed by atoms with Crippen molar-refractivity contribution in [2.75, 3.05) is 0 Å². The third kappa shape index (κ3) is 45.9. The zero-order valence-corrected chi connectivity index (χ0v) is 4.50. The second-order valence-electron chi connectivity index (χ2n) is 0.333. The molecular formula is C3H3Cl2N. The zero-order valence-electron chi connectivity index (χ0n) is 2.99. The summed E-state index contributed by atoms with van der Waals surface area (Å²) >= 11 is 0. The third-order valence-electron chi connectivity index (χ3n) is 0.0913. The van der Waals surface area contributed by atoms with Crippen molar-refractivity contribution in [3.63, 3.8) is 0 Å². The highest BCUT2D eigenvalue weighted by Gasteiger charge is 1.34. The normalized spacial score (nSPS) is 3.50. The fourth-order valence-corrected chi connectivity index (χ4v) is 0. The Morgan fingerprint density at radius 2 is 1.83 bits per heavy atom. The van der Waals surface area contributed by atoms with E-state index in [0.29, 0.717) is 0 Å². The first-order valence-corrected chi connectivity index (χ1v) is 2.21. The van der Waals surface area contributed by atoms with Gasteiger partial charge in [-0.2, -0.15) is 5.26 Å². The molecule has 0 radical (unpaired) electrons. The molecule has 0 rings (SSSR count). The van der Waals surface area contributed by atoms with Crippen LogP contribution >= 0.6 is 21.7 Å². The van der Waals surface area contributed by atoms with Crippen molar-refractivity contribution in [3.05, 3.63) is 12.7 Å². The van der Waals surface area contributed by atoms with Gasteiger partial charge in [0.05, 0.1) is 6.07 Å². The molecule has 0 aliphatic heterocycles. The number of allylic oxidation sites excluding steroid dienone is 1. The fourth-order valence-electron chi connectivity index (χ4n) is 0. The highest BCUT2D eigenvalue weighted by atomic mass is 36.5. The van der Waals surface area contributed by atoms with E-state index < -0.39 is 0 Å². The van der Waals surface area contributed by atoms with E-state index in [-0.39, 0.29) is 0 Å². The topological polar surface area (TPSA) is 23.8 Å². The van der Waals surface area contributed by atoms with Crippen molar-refractivity contribution in [3.8, 4) is 6.07 Å². The summed E-state index contributed by atoms with van der Waals surface area (Å²) in [5, 5.41) is 7.51. The fraction of sp³-hybridized carbons (Fsp3) is 0. The molecule has 6 heavy (non-hydrogen) atoms. The van der Waals surface area contributed by atoms with Crippen LogP contribution in [0.25, 0.3) is 0 Å². The SMILES string of the molecule is C=CC#N.ClCl. The molecule has 0 heterocycles. The Morgan fingerprint density at radius 1 is 1.67 bits per heavy atom. The van der Waals surface area contributed by atoms with Gasteiger partial charge in [0, 0.05) is 27.8 Å². The van der Waals surface area contributed by atoms with E-state index in [1.165, 1.54) is 6.08 Å². The van der Waals surface area contributed by atoms with Crippen LogP contribution in [0.1, 0.15) is 0 Å². The molecule has 0 saturated heterocycles. The first-order valence-electron chi connectivity index (χ1n) is 1.06. The lowest BCUT2D eigenvalue weighted by Gasteiger charge is -1.31. The molecule has 0 N–H and O–H groups in total. The van der Waals surface area contributed by atoms with Crippen molar-refractivity contribution in [2.45, 2.75) is 0 Å². The molecule has 0 fully saturated rings. The lowest BCUT2D eigenvalue weighted by atomic mass is 10.8. The highest BCUT2D eigenvalue weighted by Crippen LogP contribution is 1.69. The number of halogens is 2. The van der Waals surface area contributed by atoms with E-state index >= 15 is 0 Å². The molecule has 0 aliphatic rings. The predicted molar refractivity (Wildman–Crippen MR) is 27.5 cm³/mol. The Balaban J connectivity index is 0. The number of rotatable bonds is 0. The summed E-state index contributed by atoms with van der Waals surface area (Å²) in [4.78, 5) is 0. The third-order valence-corrected chi connectivity index (χ3v) is 0.0913. The average molecular weight is 124 g/mol. The second kappa shape index (κ2) is 21.3. The summed E-state index contributed by atoms with van der Waals surface area (Å²) in [6.45, 7) is 3.12. The summed E-state index contributed by atoms with van der Waals surface area (Å²) in [6, 6.07) is 1.69. The standard InChI is InChI=1S/C3H3N.Cl2/c1-2-3-4;1-2/h2H,1H2;. The van der Waals surface area contributed by atoms with E-state index in [1.54, 1.807) is 6.07 Å². The number of nitriles is 1. The van der Waals surface area contributed by atoms with E-state index in [4.69, 9.17) is 5.26 Å². The Morgan fingerprint density at radius 3 is 1.83 bits per heavy atom. The first-order chi connectivity index (χ1) is 2.91. The van der Waals surface area contributed by atoms with Crippen LogP contribution in [0, 0.1) is 11.3 Å². The van der Waals surface area contributed by atoms with Gasteiger partial charge in [-0.1, -0.05) is 6.58 Å². The molecule has 0 atom stereocenters. The van der Waals surface area contributed by atoms with Crippen molar-refractivity contribution < 1.29 is 0 Å². The number of nitrogens with zero attached hydrogens (tertiary/aromatic N) is 1. The van der Waals surface area contributed by atoms with Crippen LogP contribution in [0.3, 0.4) is 0 Å². The highest BCUT2D eigenvalue weighted by molar-refractivity contribution is 6.85. The average Bonchev–Trinajstić information content (AvgIpc) is 1.72. The minimum Gasteiger partial charge on any atom is -0.193 e. The van der Waals surface area contributed by atoms with Gasteiger partial charge in [0.2, 0.25) is 0 Å². The maximum atomic E-state index is 7.51. The molecule has 0 unspecified atom stereocenters. The predicted octanol–water partition coefficient (Wildman–Crippen LogP) is 2.07. The van der Waals surface area contributed by atoms with Gasteiger partial charge in [-0.25, -0.2) is 0 Å². The molecule has 3 heteroatoms. The monoisotopic (exact) mass is 123 g/mol. The largest absolute Gasteiger partial charge is 0.193 e. The van der Waals surface area contributed by atoms with Crippen LogP contribution in [0.15, 0.2) is 12.7 Å². The maximum Gasteiger partial charge on any atom is 0.0905 e. The maximum absolute atomic E-state index is 7.51. The van der Waals surface area contributed by atoms with Crippen LogP contribution in [-0.4, -0.2) is 0 Å². The minimum atomic E-state index is 1.18. The first kappa shape index (κ1) is 9.26. The van der Waals surface area contributed by atoms with E-state index in [9.17, 15) is 0 Å². The van der Waals surface area contributed by atoms with E-state index in [2.05, 4.69) is 28.3 Å². The molecule has 0 aromatic carbocycles. The van der Waals surface area contributed by atoms with Crippen LogP contribution in [-0.2, 0) is 0 Å². The summed E-state index contributed by atoms with van der Waals surface area (Å²) in [5.74, 6) is 0. The zero-order chi connectivity index (χ0) is 5.41. The molecule has 0 aromatic heterocycles. The van der Waals surface area contributed by atoms with E-state index in [0.717, 1.165) is 0 Å². The van der Waals surface area contributed by atoms with Crippen molar-refractivity contribution >= 4 is 21.7 Å². The van der Waals surface area contributed by atoms with Crippen LogP contribution in [0.4, 0.5) is 0 Å². The summed E-state index contributed by atoms with van der Waals surface area (Å²) in [5.41, 5.74) is 0. The second-order valence-corrected chi connectivity index (χ2v) is 0.333. The molecule has 0 spiro atoms. The van der Waals surface area contributed by atoms with Gasteiger partial charge in [-0.05, 0) is 0 Å². The van der Waals surface area contributed by atoms with E-state index in [1.807, 2.05) is 0 Å².